The average molecular weight is 311 g/mol. The zero-order valence-corrected chi connectivity index (χ0v) is 14.0. The van der Waals surface area contributed by atoms with E-state index in [9.17, 15) is 4.79 Å². The van der Waals surface area contributed by atoms with E-state index in [1.54, 1.807) is 0 Å². The molecule has 1 aliphatic rings. The van der Waals surface area contributed by atoms with Crippen LogP contribution in [0.15, 0.2) is 48.8 Å². The molecule has 0 saturated heterocycles. The van der Waals surface area contributed by atoms with Gasteiger partial charge in [0.15, 0.2) is 0 Å². The lowest BCUT2D eigenvalue weighted by molar-refractivity contribution is -0.128. The summed E-state index contributed by atoms with van der Waals surface area (Å²) < 4.78 is 1.94. The van der Waals surface area contributed by atoms with E-state index < -0.39 is 5.54 Å². The fourth-order valence-electron chi connectivity index (χ4n) is 3.19. The summed E-state index contributed by atoms with van der Waals surface area (Å²) in [6.45, 7) is 6.47. The van der Waals surface area contributed by atoms with Crippen molar-refractivity contribution >= 4 is 11.6 Å². The quantitative estimate of drug-likeness (QED) is 0.922. The van der Waals surface area contributed by atoms with Crippen molar-refractivity contribution in [1.29, 1.82) is 0 Å². The molecule has 4 nitrogen and oxygen atoms in total. The largest absolute Gasteiger partial charge is 0.370 e. The van der Waals surface area contributed by atoms with Crippen molar-refractivity contribution in [1.82, 2.24) is 9.88 Å². The van der Waals surface area contributed by atoms with Crippen LogP contribution in [0.3, 0.4) is 0 Å². The second-order valence-electron chi connectivity index (χ2n) is 6.62. The molecule has 0 unspecified atom stereocenters. The number of carbonyl (C=O) groups excluding carboxylic acids is 1. The van der Waals surface area contributed by atoms with Crippen LogP contribution in [-0.4, -0.2) is 30.1 Å². The van der Waals surface area contributed by atoms with Crippen LogP contribution < -0.4 is 10.2 Å². The Morgan fingerprint density at radius 1 is 1.17 bits per heavy atom. The normalized spacial score (nSPS) is 14.4. The summed E-state index contributed by atoms with van der Waals surface area (Å²) in [5, 5.41) is 3.09. The van der Waals surface area contributed by atoms with Crippen molar-refractivity contribution in [3.8, 4) is 0 Å². The van der Waals surface area contributed by atoms with Gasteiger partial charge in [0.05, 0.1) is 0 Å². The number of amides is 1. The maximum absolute atomic E-state index is 12.5. The van der Waals surface area contributed by atoms with Crippen molar-refractivity contribution in [2.45, 2.75) is 32.2 Å². The molecule has 1 amide bonds. The first-order valence-corrected chi connectivity index (χ1v) is 8.33. The molecule has 23 heavy (non-hydrogen) atoms. The number of para-hydroxylation sites is 1. The lowest BCUT2D eigenvalue weighted by Crippen LogP contribution is -2.46. The summed E-state index contributed by atoms with van der Waals surface area (Å²) in [7, 11) is 0. The number of benzene rings is 1. The molecular weight excluding hydrogens is 286 g/mol. The minimum Gasteiger partial charge on any atom is -0.370 e. The summed E-state index contributed by atoms with van der Waals surface area (Å²) in [4.78, 5) is 14.9. The van der Waals surface area contributed by atoms with Gasteiger partial charge in [0.2, 0.25) is 5.91 Å². The number of nitrogens with one attached hydrogen (secondary N) is 1. The SMILES string of the molecule is CC(C)(C(=O)NCCN1CCCc2ccccc21)n1cccc1. The third-order valence-electron chi connectivity index (χ3n) is 4.68. The Kier molecular flexibility index (Phi) is 4.42. The molecule has 1 aliphatic heterocycles. The molecule has 0 saturated carbocycles. The Balaban J connectivity index is 1.57. The van der Waals surface area contributed by atoms with E-state index in [2.05, 4.69) is 34.5 Å². The smallest absolute Gasteiger partial charge is 0.245 e. The molecule has 0 radical (unpaired) electrons. The third kappa shape index (κ3) is 3.26. The standard InChI is InChI=1S/C19H25N3O/c1-19(2,22-13-5-6-14-22)18(23)20-11-15-21-12-7-9-16-8-3-4-10-17(16)21/h3-6,8,10,13-14H,7,9,11-12,15H2,1-2H3,(H,20,23). The Hall–Kier alpha value is -2.23. The molecule has 1 N–H and O–H groups in total. The van der Waals surface area contributed by atoms with Crippen LogP contribution in [0.5, 0.6) is 0 Å². The van der Waals surface area contributed by atoms with Crippen LogP contribution in [0.25, 0.3) is 0 Å². The number of rotatable bonds is 5. The van der Waals surface area contributed by atoms with Gasteiger partial charge in [-0.15, -0.1) is 0 Å². The van der Waals surface area contributed by atoms with E-state index in [0.29, 0.717) is 6.54 Å². The van der Waals surface area contributed by atoms with Crippen LogP contribution in [0.4, 0.5) is 5.69 Å². The molecule has 122 valence electrons. The highest BCUT2D eigenvalue weighted by Gasteiger charge is 2.28. The summed E-state index contributed by atoms with van der Waals surface area (Å²) in [6, 6.07) is 12.5. The summed E-state index contributed by atoms with van der Waals surface area (Å²) in [5.41, 5.74) is 2.17. The Morgan fingerprint density at radius 3 is 2.70 bits per heavy atom. The predicted octanol–water partition coefficient (Wildman–Crippen LogP) is 2.79. The highest BCUT2D eigenvalue weighted by atomic mass is 16.2. The molecule has 2 heterocycles. The molecule has 3 rings (SSSR count). The first kappa shape index (κ1) is 15.7. The molecule has 0 bridgehead atoms. The third-order valence-corrected chi connectivity index (χ3v) is 4.68. The number of hydrogen-bond donors (Lipinski definition) is 1. The zero-order valence-electron chi connectivity index (χ0n) is 14.0. The number of fused-ring (bicyclic) bond motifs is 1. The van der Waals surface area contributed by atoms with E-state index >= 15 is 0 Å². The molecule has 4 heteroatoms. The highest BCUT2D eigenvalue weighted by molar-refractivity contribution is 5.83. The van der Waals surface area contributed by atoms with E-state index in [4.69, 9.17) is 0 Å². The number of carbonyl (C=O) groups is 1. The van der Waals surface area contributed by atoms with Gasteiger partial charge in [-0.1, -0.05) is 18.2 Å². The van der Waals surface area contributed by atoms with E-state index in [0.717, 1.165) is 19.5 Å². The molecule has 0 atom stereocenters. The van der Waals surface area contributed by atoms with E-state index in [-0.39, 0.29) is 5.91 Å². The van der Waals surface area contributed by atoms with Crippen LogP contribution in [0, 0.1) is 0 Å². The van der Waals surface area contributed by atoms with Crippen molar-refractivity contribution in [2.24, 2.45) is 0 Å². The average Bonchev–Trinajstić information content (AvgIpc) is 3.10. The topological polar surface area (TPSA) is 37.3 Å². The van der Waals surface area contributed by atoms with Gasteiger partial charge in [-0.05, 0) is 50.5 Å². The van der Waals surface area contributed by atoms with Crippen molar-refractivity contribution in [2.75, 3.05) is 24.5 Å². The molecule has 0 fully saturated rings. The van der Waals surface area contributed by atoms with Gasteiger partial charge in [0, 0.05) is 37.7 Å². The van der Waals surface area contributed by atoms with Gasteiger partial charge in [0.1, 0.15) is 5.54 Å². The van der Waals surface area contributed by atoms with Crippen LogP contribution >= 0.6 is 0 Å². The van der Waals surface area contributed by atoms with Gasteiger partial charge in [-0.25, -0.2) is 0 Å². The zero-order chi connectivity index (χ0) is 16.3. The fourth-order valence-corrected chi connectivity index (χ4v) is 3.19. The van der Waals surface area contributed by atoms with Crippen molar-refractivity contribution in [3.05, 3.63) is 54.4 Å². The monoisotopic (exact) mass is 311 g/mol. The minimum absolute atomic E-state index is 0.0546. The summed E-state index contributed by atoms with van der Waals surface area (Å²) in [5.74, 6) is 0.0546. The number of nitrogens with zero attached hydrogens (tertiary/aromatic N) is 2. The first-order valence-electron chi connectivity index (χ1n) is 8.33. The molecule has 1 aromatic carbocycles. The second kappa shape index (κ2) is 6.49. The maximum atomic E-state index is 12.5. The van der Waals surface area contributed by atoms with Gasteiger partial charge < -0.3 is 14.8 Å². The Labute approximate surface area is 138 Å². The summed E-state index contributed by atoms with van der Waals surface area (Å²) in [6.07, 6.45) is 6.19. The van der Waals surface area contributed by atoms with Gasteiger partial charge in [-0.2, -0.15) is 0 Å². The van der Waals surface area contributed by atoms with Gasteiger partial charge >= 0.3 is 0 Å². The molecule has 0 aliphatic carbocycles. The first-order chi connectivity index (χ1) is 11.1. The lowest BCUT2D eigenvalue weighted by atomic mass is 10.0. The Morgan fingerprint density at radius 2 is 1.91 bits per heavy atom. The fraction of sp³-hybridized carbons (Fsp3) is 0.421. The number of aromatic nitrogens is 1. The second-order valence-corrected chi connectivity index (χ2v) is 6.62. The summed E-state index contributed by atoms with van der Waals surface area (Å²) >= 11 is 0. The van der Waals surface area contributed by atoms with Gasteiger partial charge in [-0.3, -0.25) is 4.79 Å². The van der Waals surface area contributed by atoms with Crippen LogP contribution in [0.1, 0.15) is 25.8 Å². The molecule has 2 aromatic rings. The van der Waals surface area contributed by atoms with Crippen LogP contribution in [0.2, 0.25) is 0 Å². The van der Waals surface area contributed by atoms with Crippen LogP contribution in [-0.2, 0) is 16.8 Å². The molecular formula is C19H25N3O. The van der Waals surface area contributed by atoms with Crippen molar-refractivity contribution in [3.63, 3.8) is 0 Å². The number of hydrogen-bond acceptors (Lipinski definition) is 2. The maximum Gasteiger partial charge on any atom is 0.245 e. The Bertz CT molecular complexity index is 661. The van der Waals surface area contributed by atoms with E-state index in [1.165, 1.54) is 17.7 Å². The molecule has 1 aromatic heterocycles. The number of aryl methyl sites for hydroxylation is 1. The highest BCUT2D eigenvalue weighted by Crippen LogP contribution is 2.26. The minimum atomic E-state index is -0.566. The van der Waals surface area contributed by atoms with Crippen molar-refractivity contribution < 1.29 is 4.79 Å². The predicted molar refractivity (Wildman–Crippen MR) is 93.7 cm³/mol. The number of anilines is 1. The van der Waals surface area contributed by atoms with E-state index in [1.807, 2.05) is 42.9 Å². The van der Waals surface area contributed by atoms with Gasteiger partial charge in [0.25, 0.3) is 0 Å². The molecule has 0 spiro atoms. The lowest BCUT2D eigenvalue weighted by Gasteiger charge is -2.32.